The van der Waals surface area contributed by atoms with E-state index >= 15 is 0 Å². The molecule has 1 atom stereocenters. The van der Waals surface area contributed by atoms with Crippen molar-refractivity contribution < 1.29 is 0 Å². The highest BCUT2D eigenvalue weighted by molar-refractivity contribution is 5.25. The Morgan fingerprint density at radius 3 is 2.71 bits per heavy atom. The van der Waals surface area contributed by atoms with Crippen molar-refractivity contribution in [2.75, 3.05) is 0 Å². The molecule has 1 aromatic heterocycles. The van der Waals surface area contributed by atoms with E-state index in [4.69, 9.17) is 5.73 Å². The number of aromatic nitrogens is 2. The van der Waals surface area contributed by atoms with Gasteiger partial charge in [0.2, 0.25) is 0 Å². The summed E-state index contributed by atoms with van der Waals surface area (Å²) in [6.07, 6.45) is 7.49. The van der Waals surface area contributed by atoms with Crippen LogP contribution in [0.1, 0.15) is 55.8 Å². The Hall–Kier alpha value is -0.830. The highest BCUT2D eigenvalue weighted by atomic mass is 15.3. The third-order valence-corrected chi connectivity index (χ3v) is 3.11. The van der Waals surface area contributed by atoms with Gasteiger partial charge in [0.05, 0.1) is 5.69 Å². The van der Waals surface area contributed by atoms with Crippen molar-refractivity contribution in [1.29, 1.82) is 0 Å². The second kappa shape index (κ2) is 3.73. The average Bonchev–Trinajstić information content (AvgIpc) is 2.70. The van der Waals surface area contributed by atoms with Gasteiger partial charge in [-0.1, -0.05) is 12.8 Å². The Labute approximate surface area is 85.3 Å². The fourth-order valence-corrected chi connectivity index (χ4v) is 2.43. The van der Waals surface area contributed by atoms with Crippen LogP contribution in [0, 0.1) is 0 Å². The molecule has 1 aliphatic carbocycles. The van der Waals surface area contributed by atoms with Crippen LogP contribution in [0.3, 0.4) is 0 Å². The lowest BCUT2D eigenvalue weighted by Crippen LogP contribution is -2.09. The van der Waals surface area contributed by atoms with Crippen molar-refractivity contribution in [3.05, 3.63) is 17.5 Å². The van der Waals surface area contributed by atoms with Crippen LogP contribution < -0.4 is 5.73 Å². The third-order valence-electron chi connectivity index (χ3n) is 3.11. The SMILES string of the molecule is CC(N)c1nn(C)cc1C1CCCC1. The molecule has 78 valence electrons. The zero-order chi connectivity index (χ0) is 10.1. The number of hydrogen-bond donors (Lipinski definition) is 1. The molecule has 1 saturated carbocycles. The smallest absolute Gasteiger partial charge is 0.0823 e. The Balaban J connectivity index is 2.30. The van der Waals surface area contributed by atoms with Gasteiger partial charge in [-0.2, -0.15) is 5.10 Å². The fourth-order valence-electron chi connectivity index (χ4n) is 2.43. The molecule has 0 spiro atoms. The van der Waals surface area contributed by atoms with Gasteiger partial charge in [-0.05, 0) is 31.2 Å². The van der Waals surface area contributed by atoms with Crippen molar-refractivity contribution in [1.82, 2.24) is 9.78 Å². The van der Waals surface area contributed by atoms with E-state index in [0.29, 0.717) is 5.92 Å². The highest BCUT2D eigenvalue weighted by Gasteiger charge is 2.23. The van der Waals surface area contributed by atoms with E-state index in [0.717, 1.165) is 5.69 Å². The van der Waals surface area contributed by atoms with Crippen LogP contribution in [0.4, 0.5) is 0 Å². The number of rotatable bonds is 2. The first-order chi connectivity index (χ1) is 6.68. The fraction of sp³-hybridized carbons (Fsp3) is 0.727. The van der Waals surface area contributed by atoms with Gasteiger partial charge in [-0.3, -0.25) is 4.68 Å². The van der Waals surface area contributed by atoms with E-state index in [1.54, 1.807) is 0 Å². The first-order valence-electron chi connectivity index (χ1n) is 5.47. The van der Waals surface area contributed by atoms with Gasteiger partial charge in [0.25, 0.3) is 0 Å². The van der Waals surface area contributed by atoms with E-state index in [1.165, 1.54) is 31.2 Å². The molecular formula is C11H19N3. The molecular weight excluding hydrogens is 174 g/mol. The van der Waals surface area contributed by atoms with Crippen LogP contribution in [-0.4, -0.2) is 9.78 Å². The molecule has 2 N–H and O–H groups in total. The molecule has 0 aromatic carbocycles. The maximum Gasteiger partial charge on any atom is 0.0823 e. The van der Waals surface area contributed by atoms with Gasteiger partial charge < -0.3 is 5.73 Å². The molecule has 3 heteroatoms. The summed E-state index contributed by atoms with van der Waals surface area (Å²) in [5, 5.41) is 4.45. The predicted molar refractivity (Wildman–Crippen MR) is 57.0 cm³/mol. The Morgan fingerprint density at radius 2 is 2.14 bits per heavy atom. The molecule has 2 rings (SSSR count). The Morgan fingerprint density at radius 1 is 1.50 bits per heavy atom. The quantitative estimate of drug-likeness (QED) is 0.781. The molecule has 1 aliphatic rings. The van der Waals surface area contributed by atoms with E-state index in [1.807, 2.05) is 18.7 Å². The Bertz CT molecular complexity index is 308. The molecule has 0 radical (unpaired) electrons. The van der Waals surface area contributed by atoms with Crippen LogP contribution in [0.15, 0.2) is 6.20 Å². The van der Waals surface area contributed by atoms with E-state index < -0.39 is 0 Å². The second-order valence-corrected chi connectivity index (χ2v) is 4.41. The van der Waals surface area contributed by atoms with Crippen molar-refractivity contribution in [3.63, 3.8) is 0 Å². The normalized spacial score (nSPS) is 20.2. The molecule has 1 fully saturated rings. The summed E-state index contributed by atoms with van der Waals surface area (Å²) in [6, 6.07) is 0.0619. The zero-order valence-corrected chi connectivity index (χ0v) is 9.03. The molecule has 0 saturated heterocycles. The minimum absolute atomic E-state index is 0.0619. The van der Waals surface area contributed by atoms with Crippen LogP contribution in [0.5, 0.6) is 0 Å². The molecule has 3 nitrogen and oxygen atoms in total. The van der Waals surface area contributed by atoms with E-state index in [-0.39, 0.29) is 6.04 Å². The van der Waals surface area contributed by atoms with Crippen LogP contribution in [0.2, 0.25) is 0 Å². The van der Waals surface area contributed by atoms with E-state index in [9.17, 15) is 0 Å². The maximum atomic E-state index is 5.92. The summed E-state index contributed by atoms with van der Waals surface area (Å²) in [5.74, 6) is 0.713. The largest absolute Gasteiger partial charge is 0.323 e. The molecule has 1 heterocycles. The number of nitrogens with zero attached hydrogens (tertiary/aromatic N) is 2. The topological polar surface area (TPSA) is 43.8 Å². The first-order valence-corrected chi connectivity index (χ1v) is 5.47. The average molecular weight is 193 g/mol. The molecule has 0 aliphatic heterocycles. The monoisotopic (exact) mass is 193 g/mol. The first kappa shape index (κ1) is 9.71. The summed E-state index contributed by atoms with van der Waals surface area (Å²) < 4.78 is 1.90. The number of nitrogens with two attached hydrogens (primary N) is 1. The predicted octanol–water partition coefficient (Wildman–Crippen LogP) is 2.10. The lowest BCUT2D eigenvalue weighted by Gasteiger charge is -2.10. The number of hydrogen-bond acceptors (Lipinski definition) is 2. The lowest BCUT2D eigenvalue weighted by atomic mass is 9.96. The van der Waals surface area contributed by atoms with Crippen LogP contribution in [0.25, 0.3) is 0 Å². The third kappa shape index (κ3) is 1.69. The molecule has 1 aromatic rings. The van der Waals surface area contributed by atoms with Crippen molar-refractivity contribution in [2.24, 2.45) is 12.8 Å². The molecule has 0 amide bonds. The molecule has 14 heavy (non-hydrogen) atoms. The van der Waals surface area contributed by atoms with Crippen molar-refractivity contribution in [2.45, 2.75) is 44.6 Å². The minimum Gasteiger partial charge on any atom is -0.323 e. The van der Waals surface area contributed by atoms with Crippen LogP contribution >= 0.6 is 0 Å². The maximum absolute atomic E-state index is 5.92. The second-order valence-electron chi connectivity index (χ2n) is 4.41. The van der Waals surface area contributed by atoms with Gasteiger partial charge in [0, 0.05) is 19.3 Å². The summed E-state index contributed by atoms with van der Waals surface area (Å²) in [4.78, 5) is 0. The zero-order valence-electron chi connectivity index (χ0n) is 9.03. The summed E-state index contributed by atoms with van der Waals surface area (Å²) in [6.45, 7) is 2.01. The molecule has 0 bridgehead atoms. The Kier molecular flexibility index (Phi) is 2.59. The van der Waals surface area contributed by atoms with E-state index in [2.05, 4.69) is 11.3 Å². The minimum atomic E-state index is 0.0619. The van der Waals surface area contributed by atoms with Gasteiger partial charge in [-0.25, -0.2) is 0 Å². The van der Waals surface area contributed by atoms with Gasteiger partial charge in [0.15, 0.2) is 0 Å². The van der Waals surface area contributed by atoms with Gasteiger partial charge in [-0.15, -0.1) is 0 Å². The van der Waals surface area contributed by atoms with Crippen molar-refractivity contribution in [3.8, 4) is 0 Å². The summed E-state index contributed by atoms with van der Waals surface area (Å²) >= 11 is 0. The lowest BCUT2D eigenvalue weighted by molar-refractivity contribution is 0.676. The summed E-state index contributed by atoms with van der Waals surface area (Å²) in [5.41, 5.74) is 8.41. The number of aryl methyl sites for hydroxylation is 1. The van der Waals surface area contributed by atoms with Gasteiger partial charge in [0.1, 0.15) is 0 Å². The van der Waals surface area contributed by atoms with Gasteiger partial charge >= 0.3 is 0 Å². The van der Waals surface area contributed by atoms with Crippen molar-refractivity contribution >= 4 is 0 Å². The highest BCUT2D eigenvalue weighted by Crippen LogP contribution is 2.36. The van der Waals surface area contributed by atoms with Crippen LogP contribution in [-0.2, 0) is 7.05 Å². The molecule has 1 unspecified atom stereocenters. The summed E-state index contributed by atoms with van der Waals surface area (Å²) in [7, 11) is 1.98. The standard InChI is InChI=1S/C11H19N3/c1-8(12)11-10(7-14(2)13-11)9-5-3-4-6-9/h7-9H,3-6,12H2,1-2H3.